The average Bonchev–Trinajstić information content (AvgIpc) is 2.37. The Hall–Kier alpha value is -1.22. The zero-order chi connectivity index (χ0) is 12.7. The molecule has 0 heterocycles. The third-order valence-electron chi connectivity index (χ3n) is 2.63. The van der Waals surface area contributed by atoms with Crippen LogP contribution in [-0.2, 0) is 4.79 Å². The van der Waals surface area contributed by atoms with E-state index in [1.807, 2.05) is 44.2 Å². The predicted octanol–water partition coefficient (Wildman–Crippen LogP) is 2.59. The number of hydrogen-bond donors (Lipinski definition) is 1. The maximum Gasteiger partial charge on any atom is 0.258 e. The van der Waals surface area contributed by atoms with Crippen LogP contribution in [0.4, 0.5) is 0 Å². The monoisotopic (exact) mass is 255 g/mol. The Balaban J connectivity index is 2.40. The Labute approximate surface area is 107 Å². The molecule has 0 saturated heterocycles. The van der Waals surface area contributed by atoms with Crippen LogP contribution in [0.3, 0.4) is 0 Å². The molecule has 0 radical (unpaired) electrons. The summed E-state index contributed by atoms with van der Waals surface area (Å²) in [6.45, 7) is 3.91. The largest absolute Gasteiger partial charge is 0.484 e. The molecule has 1 rings (SSSR count). The molecule has 0 spiro atoms. The van der Waals surface area contributed by atoms with Gasteiger partial charge in [-0.15, -0.1) is 11.6 Å². The standard InChI is InChI=1S/C13H18ClNO2/c1-3-13(2,10-14)15-12(16)9-17-11-7-5-4-6-8-11/h4-8H,3,9-10H2,1-2H3,(H,15,16). The number of amides is 1. The molecule has 0 aromatic heterocycles. The van der Waals surface area contributed by atoms with Gasteiger partial charge in [0.1, 0.15) is 5.75 Å². The fraction of sp³-hybridized carbons (Fsp3) is 0.462. The molecule has 94 valence electrons. The van der Waals surface area contributed by atoms with Crippen molar-refractivity contribution in [1.82, 2.24) is 5.32 Å². The lowest BCUT2D eigenvalue weighted by Gasteiger charge is -2.26. The normalized spacial score (nSPS) is 13.8. The molecule has 1 N–H and O–H groups in total. The summed E-state index contributed by atoms with van der Waals surface area (Å²) in [4.78, 5) is 11.7. The van der Waals surface area contributed by atoms with Gasteiger partial charge in [-0.25, -0.2) is 0 Å². The van der Waals surface area contributed by atoms with E-state index in [1.54, 1.807) is 0 Å². The third-order valence-corrected chi connectivity index (χ3v) is 3.22. The predicted molar refractivity (Wildman–Crippen MR) is 69.5 cm³/mol. The lowest BCUT2D eigenvalue weighted by atomic mass is 10.0. The third kappa shape index (κ3) is 4.65. The number of benzene rings is 1. The van der Waals surface area contributed by atoms with Crippen molar-refractivity contribution in [1.29, 1.82) is 0 Å². The second-order valence-electron chi connectivity index (χ2n) is 4.20. The lowest BCUT2D eigenvalue weighted by Crippen LogP contribution is -2.48. The van der Waals surface area contributed by atoms with E-state index >= 15 is 0 Å². The van der Waals surface area contributed by atoms with Gasteiger partial charge in [0.25, 0.3) is 5.91 Å². The van der Waals surface area contributed by atoms with E-state index in [-0.39, 0.29) is 18.1 Å². The van der Waals surface area contributed by atoms with Crippen LogP contribution in [0.1, 0.15) is 20.3 Å². The van der Waals surface area contributed by atoms with Crippen molar-refractivity contribution < 1.29 is 9.53 Å². The Morgan fingerprint density at radius 3 is 2.59 bits per heavy atom. The second kappa shape index (κ2) is 6.50. The van der Waals surface area contributed by atoms with Crippen LogP contribution in [-0.4, -0.2) is 23.9 Å². The summed E-state index contributed by atoms with van der Waals surface area (Å²) in [5, 5.41) is 2.87. The molecule has 0 aliphatic rings. The van der Waals surface area contributed by atoms with Gasteiger partial charge >= 0.3 is 0 Å². The summed E-state index contributed by atoms with van der Waals surface area (Å²) < 4.78 is 5.35. The van der Waals surface area contributed by atoms with E-state index in [9.17, 15) is 4.79 Å². The van der Waals surface area contributed by atoms with E-state index in [0.717, 1.165) is 6.42 Å². The number of alkyl halides is 1. The molecule has 4 heteroatoms. The van der Waals surface area contributed by atoms with Gasteiger partial charge in [-0.3, -0.25) is 4.79 Å². The van der Waals surface area contributed by atoms with Crippen LogP contribution in [0.2, 0.25) is 0 Å². The van der Waals surface area contributed by atoms with Crippen LogP contribution < -0.4 is 10.1 Å². The Bertz CT molecular complexity index is 350. The summed E-state index contributed by atoms with van der Waals surface area (Å²) in [6.07, 6.45) is 0.785. The minimum atomic E-state index is -0.362. The first kappa shape index (κ1) is 13.8. The highest BCUT2D eigenvalue weighted by Gasteiger charge is 2.22. The SMILES string of the molecule is CCC(C)(CCl)NC(=O)COc1ccccc1. The quantitative estimate of drug-likeness (QED) is 0.794. The topological polar surface area (TPSA) is 38.3 Å². The van der Waals surface area contributed by atoms with Gasteiger partial charge in [0.2, 0.25) is 0 Å². The highest BCUT2D eigenvalue weighted by molar-refractivity contribution is 6.18. The molecule has 1 atom stereocenters. The van der Waals surface area contributed by atoms with Crippen molar-refractivity contribution in [3.05, 3.63) is 30.3 Å². The number of carbonyl (C=O) groups excluding carboxylic acids is 1. The van der Waals surface area contributed by atoms with Crippen molar-refractivity contribution in [2.75, 3.05) is 12.5 Å². The number of carbonyl (C=O) groups is 1. The van der Waals surface area contributed by atoms with Gasteiger partial charge in [-0.1, -0.05) is 25.1 Å². The number of hydrogen-bond acceptors (Lipinski definition) is 2. The minimum absolute atomic E-state index is 0.0104. The summed E-state index contributed by atoms with van der Waals surface area (Å²) in [5.41, 5.74) is -0.362. The molecule has 0 aliphatic carbocycles. The molecule has 1 aromatic rings. The molecular formula is C13H18ClNO2. The average molecular weight is 256 g/mol. The molecule has 0 aliphatic heterocycles. The van der Waals surface area contributed by atoms with Crippen LogP contribution in [0.5, 0.6) is 5.75 Å². The fourth-order valence-electron chi connectivity index (χ4n) is 1.25. The number of ether oxygens (including phenoxy) is 1. The minimum Gasteiger partial charge on any atom is -0.484 e. The fourth-order valence-corrected chi connectivity index (χ4v) is 1.51. The van der Waals surface area contributed by atoms with Crippen molar-refractivity contribution in [3.63, 3.8) is 0 Å². The van der Waals surface area contributed by atoms with E-state index in [1.165, 1.54) is 0 Å². The molecule has 3 nitrogen and oxygen atoms in total. The summed E-state index contributed by atoms with van der Waals surface area (Å²) in [6, 6.07) is 9.25. The number of halogens is 1. The first-order valence-electron chi connectivity index (χ1n) is 5.64. The van der Waals surface area contributed by atoms with Gasteiger partial charge in [0.15, 0.2) is 6.61 Å². The van der Waals surface area contributed by atoms with Crippen molar-refractivity contribution in [2.24, 2.45) is 0 Å². The Morgan fingerprint density at radius 2 is 2.06 bits per heavy atom. The van der Waals surface area contributed by atoms with E-state index in [2.05, 4.69) is 5.32 Å². The zero-order valence-electron chi connectivity index (χ0n) is 10.2. The van der Waals surface area contributed by atoms with E-state index < -0.39 is 0 Å². The second-order valence-corrected chi connectivity index (χ2v) is 4.47. The van der Waals surface area contributed by atoms with Crippen molar-refractivity contribution in [2.45, 2.75) is 25.8 Å². The van der Waals surface area contributed by atoms with Crippen LogP contribution >= 0.6 is 11.6 Å². The smallest absolute Gasteiger partial charge is 0.258 e. The molecule has 0 bridgehead atoms. The first-order chi connectivity index (χ1) is 8.09. The highest BCUT2D eigenvalue weighted by atomic mass is 35.5. The molecule has 1 amide bonds. The van der Waals surface area contributed by atoms with Gasteiger partial charge in [-0.2, -0.15) is 0 Å². The maximum atomic E-state index is 11.7. The van der Waals surface area contributed by atoms with Crippen LogP contribution in [0, 0.1) is 0 Å². The molecule has 1 unspecified atom stereocenters. The number of rotatable bonds is 6. The van der Waals surface area contributed by atoms with Gasteiger partial charge in [0.05, 0.1) is 5.54 Å². The van der Waals surface area contributed by atoms with Crippen molar-refractivity contribution in [3.8, 4) is 5.75 Å². The van der Waals surface area contributed by atoms with Gasteiger partial charge in [0, 0.05) is 5.88 Å². The molecular weight excluding hydrogens is 238 g/mol. The van der Waals surface area contributed by atoms with Crippen LogP contribution in [0.15, 0.2) is 30.3 Å². The van der Waals surface area contributed by atoms with Crippen molar-refractivity contribution >= 4 is 17.5 Å². The van der Waals surface area contributed by atoms with E-state index in [4.69, 9.17) is 16.3 Å². The molecule has 0 fully saturated rings. The molecule has 1 aromatic carbocycles. The maximum absolute atomic E-state index is 11.7. The highest BCUT2D eigenvalue weighted by Crippen LogP contribution is 2.11. The summed E-state index contributed by atoms with van der Waals surface area (Å²) in [5.74, 6) is 0.922. The molecule has 17 heavy (non-hydrogen) atoms. The summed E-state index contributed by atoms with van der Waals surface area (Å²) >= 11 is 5.81. The first-order valence-corrected chi connectivity index (χ1v) is 6.18. The molecule has 0 saturated carbocycles. The van der Waals surface area contributed by atoms with Gasteiger partial charge < -0.3 is 10.1 Å². The summed E-state index contributed by atoms with van der Waals surface area (Å²) in [7, 11) is 0. The zero-order valence-corrected chi connectivity index (χ0v) is 11.0. The number of nitrogens with one attached hydrogen (secondary N) is 1. The van der Waals surface area contributed by atoms with Gasteiger partial charge in [-0.05, 0) is 25.5 Å². The van der Waals surface area contributed by atoms with Crippen LogP contribution in [0.25, 0.3) is 0 Å². The Kier molecular flexibility index (Phi) is 5.29. The lowest BCUT2D eigenvalue weighted by molar-refractivity contribution is -0.124. The van der Waals surface area contributed by atoms with E-state index in [0.29, 0.717) is 11.6 Å². The Morgan fingerprint density at radius 1 is 1.41 bits per heavy atom. The number of para-hydroxylation sites is 1.